The van der Waals surface area contributed by atoms with E-state index in [9.17, 15) is 0 Å². The third-order valence-electron chi connectivity index (χ3n) is 5.07. The summed E-state index contributed by atoms with van der Waals surface area (Å²) in [7, 11) is 3.91. The molecule has 0 radical (unpaired) electrons. The summed E-state index contributed by atoms with van der Waals surface area (Å²) in [4.78, 5) is 2.40. The Labute approximate surface area is 143 Å². The number of halogens is 1. The molecule has 3 nitrogen and oxygen atoms in total. The molecule has 2 aliphatic heterocycles. The number of methoxy groups -OCH3 is 1. The Morgan fingerprint density at radius 1 is 1.17 bits per heavy atom. The number of hydrogen-bond donors (Lipinski definition) is 0. The number of nitrogens with zero attached hydrogens (tertiary/aromatic N) is 1. The fraction of sp³-hybridized carbons (Fsp3) is 0.368. The summed E-state index contributed by atoms with van der Waals surface area (Å²) in [5.41, 5.74) is 2.29. The third-order valence-corrected chi connectivity index (χ3v) is 5.07. The van der Waals surface area contributed by atoms with Gasteiger partial charge in [-0.25, -0.2) is 0 Å². The Bertz CT molecular complexity index is 705. The van der Waals surface area contributed by atoms with Crippen molar-refractivity contribution in [3.05, 3.63) is 59.7 Å². The van der Waals surface area contributed by atoms with Crippen molar-refractivity contribution < 1.29 is 9.47 Å². The minimum Gasteiger partial charge on any atom is -0.497 e. The number of ether oxygens (including phenoxy) is 2. The van der Waals surface area contributed by atoms with Gasteiger partial charge in [0.05, 0.1) is 7.11 Å². The minimum atomic E-state index is -0.259. The standard InChI is InChI=1S/C19H21NO2.ClH/c1-20-11-10-19(14-6-5-7-15(12-14)21-2)17(13-20)16-8-3-4-9-18(16)22-19;/h3-9,12,17H,10-11,13H2,1-2H3;1H/t17-,19+;/m0./s1. The maximum absolute atomic E-state index is 6.55. The molecule has 0 spiro atoms. The first-order valence-corrected chi connectivity index (χ1v) is 7.84. The van der Waals surface area contributed by atoms with Crippen molar-refractivity contribution in [3.8, 4) is 11.5 Å². The summed E-state index contributed by atoms with van der Waals surface area (Å²) in [5, 5.41) is 0. The van der Waals surface area contributed by atoms with Gasteiger partial charge in [-0.3, -0.25) is 0 Å². The molecule has 1 fully saturated rings. The molecule has 0 amide bonds. The second-order valence-electron chi connectivity index (χ2n) is 6.33. The molecule has 1 saturated heterocycles. The van der Waals surface area contributed by atoms with Gasteiger partial charge in [-0.05, 0) is 30.8 Å². The summed E-state index contributed by atoms with van der Waals surface area (Å²) in [6, 6.07) is 16.8. The van der Waals surface area contributed by atoms with Crippen LogP contribution < -0.4 is 9.47 Å². The summed E-state index contributed by atoms with van der Waals surface area (Å²) in [5.74, 6) is 2.30. The molecule has 0 unspecified atom stereocenters. The van der Waals surface area contributed by atoms with Gasteiger partial charge in [-0.2, -0.15) is 0 Å². The van der Waals surface area contributed by atoms with Crippen LogP contribution in [0.2, 0.25) is 0 Å². The first-order chi connectivity index (χ1) is 10.7. The van der Waals surface area contributed by atoms with Gasteiger partial charge in [0.1, 0.15) is 17.1 Å². The van der Waals surface area contributed by atoms with Gasteiger partial charge >= 0.3 is 0 Å². The average molecular weight is 332 g/mol. The van der Waals surface area contributed by atoms with E-state index in [0.717, 1.165) is 31.0 Å². The van der Waals surface area contributed by atoms with Crippen molar-refractivity contribution in [1.29, 1.82) is 0 Å². The van der Waals surface area contributed by atoms with Gasteiger partial charge in [-0.1, -0.05) is 30.3 Å². The Kier molecular flexibility index (Phi) is 4.26. The number of benzene rings is 2. The largest absolute Gasteiger partial charge is 0.497 e. The van der Waals surface area contributed by atoms with Crippen LogP contribution in [0.5, 0.6) is 11.5 Å². The molecule has 0 aliphatic carbocycles. The highest BCUT2D eigenvalue weighted by atomic mass is 35.5. The molecule has 4 heteroatoms. The van der Waals surface area contributed by atoms with Crippen LogP contribution in [0.3, 0.4) is 0 Å². The van der Waals surface area contributed by atoms with Crippen molar-refractivity contribution in [1.82, 2.24) is 4.90 Å². The van der Waals surface area contributed by atoms with Crippen LogP contribution >= 0.6 is 12.4 Å². The number of para-hydroxylation sites is 1. The second-order valence-corrected chi connectivity index (χ2v) is 6.33. The summed E-state index contributed by atoms with van der Waals surface area (Å²) >= 11 is 0. The molecule has 23 heavy (non-hydrogen) atoms. The highest BCUT2D eigenvalue weighted by Gasteiger charge is 2.52. The number of rotatable bonds is 2. The van der Waals surface area contributed by atoms with E-state index in [1.165, 1.54) is 11.1 Å². The van der Waals surface area contributed by atoms with E-state index in [2.05, 4.69) is 54.4 Å². The molecule has 0 saturated carbocycles. The molecular formula is C19H22ClNO2. The van der Waals surface area contributed by atoms with E-state index in [0.29, 0.717) is 5.92 Å². The zero-order valence-corrected chi connectivity index (χ0v) is 14.3. The monoisotopic (exact) mass is 331 g/mol. The first kappa shape index (κ1) is 16.2. The number of likely N-dealkylation sites (tertiary alicyclic amines) is 1. The molecule has 122 valence electrons. The normalized spacial score (nSPS) is 25.7. The van der Waals surface area contributed by atoms with E-state index >= 15 is 0 Å². The van der Waals surface area contributed by atoms with Crippen LogP contribution in [0.1, 0.15) is 23.5 Å². The van der Waals surface area contributed by atoms with Crippen LogP contribution in [0.4, 0.5) is 0 Å². The lowest BCUT2D eigenvalue weighted by molar-refractivity contribution is 0.00688. The minimum absolute atomic E-state index is 0. The fourth-order valence-electron chi connectivity index (χ4n) is 3.90. The smallest absolute Gasteiger partial charge is 0.143 e. The van der Waals surface area contributed by atoms with Crippen LogP contribution in [0, 0.1) is 0 Å². The van der Waals surface area contributed by atoms with Crippen molar-refractivity contribution in [2.75, 3.05) is 27.2 Å². The number of hydrogen-bond acceptors (Lipinski definition) is 3. The van der Waals surface area contributed by atoms with Gasteiger partial charge < -0.3 is 14.4 Å². The molecule has 2 heterocycles. The summed E-state index contributed by atoms with van der Waals surface area (Å²) in [6.07, 6.45) is 0.996. The van der Waals surface area contributed by atoms with Crippen LogP contribution in [-0.4, -0.2) is 32.1 Å². The van der Waals surface area contributed by atoms with E-state index in [1.54, 1.807) is 7.11 Å². The van der Waals surface area contributed by atoms with Crippen LogP contribution in [0.15, 0.2) is 48.5 Å². The fourth-order valence-corrected chi connectivity index (χ4v) is 3.90. The van der Waals surface area contributed by atoms with E-state index in [-0.39, 0.29) is 18.0 Å². The predicted octanol–water partition coefficient (Wildman–Crippen LogP) is 3.82. The lowest BCUT2D eigenvalue weighted by Gasteiger charge is -2.42. The van der Waals surface area contributed by atoms with Crippen molar-refractivity contribution in [2.45, 2.75) is 17.9 Å². The molecule has 4 rings (SSSR count). The predicted molar refractivity (Wildman–Crippen MR) is 93.8 cm³/mol. The van der Waals surface area contributed by atoms with Crippen LogP contribution in [0.25, 0.3) is 0 Å². The van der Waals surface area contributed by atoms with Gasteiger partial charge in [0.15, 0.2) is 0 Å². The molecule has 0 N–H and O–H groups in total. The van der Waals surface area contributed by atoms with Gasteiger partial charge in [0.2, 0.25) is 0 Å². The highest BCUT2D eigenvalue weighted by molar-refractivity contribution is 5.85. The second kappa shape index (κ2) is 6.06. The maximum atomic E-state index is 6.55. The zero-order valence-electron chi connectivity index (χ0n) is 13.5. The lowest BCUT2D eigenvalue weighted by atomic mass is 9.74. The highest BCUT2D eigenvalue weighted by Crippen LogP contribution is 2.54. The summed E-state index contributed by atoms with van der Waals surface area (Å²) < 4.78 is 12.0. The van der Waals surface area contributed by atoms with Crippen molar-refractivity contribution >= 4 is 12.4 Å². The molecule has 2 aromatic rings. The Balaban J connectivity index is 0.00000156. The van der Waals surface area contributed by atoms with E-state index in [4.69, 9.17) is 9.47 Å². The number of piperidine rings is 1. The zero-order chi connectivity index (χ0) is 15.2. The maximum Gasteiger partial charge on any atom is 0.143 e. The molecule has 2 aromatic carbocycles. The third kappa shape index (κ3) is 2.48. The molecule has 2 atom stereocenters. The van der Waals surface area contributed by atoms with E-state index in [1.807, 2.05) is 6.07 Å². The molecule has 0 bridgehead atoms. The van der Waals surface area contributed by atoms with E-state index < -0.39 is 0 Å². The number of likely N-dealkylation sites (N-methyl/N-ethyl adjacent to an activating group) is 1. The quantitative estimate of drug-likeness (QED) is 0.835. The van der Waals surface area contributed by atoms with Crippen LogP contribution in [-0.2, 0) is 5.60 Å². The number of fused-ring (bicyclic) bond motifs is 3. The van der Waals surface area contributed by atoms with Gasteiger partial charge in [-0.15, -0.1) is 12.4 Å². The lowest BCUT2D eigenvalue weighted by Crippen LogP contribution is -2.47. The Hall–Kier alpha value is -1.71. The van der Waals surface area contributed by atoms with Gasteiger partial charge in [0.25, 0.3) is 0 Å². The van der Waals surface area contributed by atoms with Crippen molar-refractivity contribution in [2.24, 2.45) is 0 Å². The first-order valence-electron chi connectivity index (χ1n) is 7.84. The Morgan fingerprint density at radius 2 is 2.00 bits per heavy atom. The topological polar surface area (TPSA) is 21.7 Å². The molecule has 2 aliphatic rings. The van der Waals surface area contributed by atoms with Gasteiger partial charge in [0, 0.05) is 31.0 Å². The summed E-state index contributed by atoms with van der Waals surface area (Å²) in [6.45, 7) is 2.07. The molecular weight excluding hydrogens is 310 g/mol. The SMILES string of the molecule is COc1cccc([C@]23CCN(C)C[C@H]2c2ccccc2O3)c1.Cl. The Morgan fingerprint density at radius 3 is 2.83 bits per heavy atom. The molecule has 0 aromatic heterocycles. The van der Waals surface area contributed by atoms with Crippen molar-refractivity contribution in [3.63, 3.8) is 0 Å². The average Bonchev–Trinajstić information content (AvgIpc) is 2.90.